The lowest BCUT2D eigenvalue weighted by Crippen LogP contribution is -2.36. The Morgan fingerprint density at radius 3 is 2.50 bits per heavy atom. The van der Waals surface area contributed by atoms with Crippen molar-refractivity contribution in [1.82, 2.24) is 9.88 Å². The quantitative estimate of drug-likeness (QED) is 0.828. The summed E-state index contributed by atoms with van der Waals surface area (Å²) in [6, 6.07) is 5.17. The summed E-state index contributed by atoms with van der Waals surface area (Å²) in [7, 11) is 0. The number of nitrogens with zero attached hydrogens (tertiary/aromatic N) is 3. The molecule has 0 unspecified atom stereocenters. The Morgan fingerprint density at radius 2 is 1.82 bits per heavy atom. The highest BCUT2D eigenvalue weighted by Crippen LogP contribution is 2.32. The van der Waals surface area contributed by atoms with Crippen molar-refractivity contribution >= 4 is 5.82 Å². The normalized spacial score (nSPS) is 24.0. The fourth-order valence-corrected chi connectivity index (χ4v) is 3.96. The van der Waals surface area contributed by atoms with E-state index in [4.69, 9.17) is 4.98 Å². The fraction of sp³-hybridized carbons (Fsp3) is 0.737. The van der Waals surface area contributed by atoms with E-state index in [9.17, 15) is 0 Å². The van der Waals surface area contributed by atoms with E-state index in [1.54, 1.807) is 0 Å². The van der Waals surface area contributed by atoms with Crippen LogP contribution in [-0.4, -0.2) is 36.1 Å². The number of rotatable bonds is 4. The summed E-state index contributed by atoms with van der Waals surface area (Å²) in [5, 5.41) is 0. The molecule has 122 valence electrons. The Kier molecular flexibility index (Phi) is 5.35. The summed E-state index contributed by atoms with van der Waals surface area (Å²) >= 11 is 0. The van der Waals surface area contributed by atoms with Gasteiger partial charge in [-0.05, 0) is 56.2 Å². The third-order valence-corrected chi connectivity index (χ3v) is 5.05. The minimum atomic E-state index is 0.582. The summed E-state index contributed by atoms with van der Waals surface area (Å²) in [5.74, 6) is 1.91. The topological polar surface area (TPSA) is 19.4 Å². The lowest BCUT2D eigenvalue weighted by molar-refractivity contribution is 0.132. The van der Waals surface area contributed by atoms with Gasteiger partial charge in [0.2, 0.25) is 0 Å². The van der Waals surface area contributed by atoms with Crippen LogP contribution in [0.4, 0.5) is 5.82 Å². The lowest BCUT2D eigenvalue weighted by atomic mass is 9.95. The Bertz CT molecular complexity index is 448. The van der Waals surface area contributed by atoms with Crippen molar-refractivity contribution in [3.05, 3.63) is 23.9 Å². The van der Waals surface area contributed by atoms with Gasteiger partial charge in [-0.1, -0.05) is 26.3 Å². The van der Waals surface area contributed by atoms with Crippen molar-refractivity contribution in [3.8, 4) is 0 Å². The number of pyridine rings is 1. The molecule has 2 aliphatic heterocycles. The van der Waals surface area contributed by atoms with Gasteiger partial charge in [-0.15, -0.1) is 0 Å². The Labute approximate surface area is 135 Å². The molecule has 0 amide bonds. The van der Waals surface area contributed by atoms with Crippen LogP contribution in [0.5, 0.6) is 0 Å². The molecule has 0 spiro atoms. The molecule has 0 aromatic carbocycles. The van der Waals surface area contributed by atoms with Crippen LogP contribution < -0.4 is 4.90 Å². The fourth-order valence-electron chi connectivity index (χ4n) is 3.96. The number of likely N-dealkylation sites (tertiary alicyclic amines) is 1. The maximum atomic E-state index is 4.79. The monoisotopic (exact) mass is 301 g/mol. The smallest absolute Gasteiger partial charge is 0.128 e. The summed E-state index contributed by atoms with van der Waals surface area (Å²) < 4.78 is 0. The number of hydrogen-bond donors (Lipinski definition) is 0. The molecule has 0 saturated carbocycles. The maximum absolute atomic E-state index is 4.79. The molecule has 3 heteroatoms. The number of anilines is 1. The zero-order chi connectivity index (χ0) is 15.4. The molecule has 2 saturated heterocycles. The van der Waals surface area contributed by atoms with Crippen LogP contribution in [-0.2, 0) is 0 Å². The minimum absolute atomic E-state index is 0.582. The number of piperidine rings is 2. The van der Waals surface area contributed by atoms with E-state index in [0.29, 0.717) is 6.04 Å². The molecule has 0 bridgehead atoms. The second-order valence-corrected chi connectivity index (χ2v) is 7.40. The molecule has 3 nitrogen and oxygen atoms in total. The van der Waals surface area contributed by atoms with Gasteiger partial charge in [0.1, 0.15) is 5.82 Å². The van der Waals surface area contributed by atoms with Crippen LogP contribution in [0.15, 0.2) is 18.3 Å². The number of hydrogen-bond acceptors (Lipinski definition) is 3. The molecular formula is C19H31N3. The van der Waals surface area contributed by atoms with Gasteiger partial charge < -0.3 is 4.90 Å². The van der Waals surface area contributed by atoms with Crippen LogP contribution in [0.3, 0.4) is 0 Å². The van der Waals surface area contributed by atoms with Crippen LogP contribution >= 0.6 is 0 Å². The third-order valence-electron chi connectivity index (χ3n) is 5.05. The molecule has 3 heterocycles. The second kappa shape index (κ2) is 7.45. The first-order valence-corrected chi connectivity index (χ1v) is 9.19. The van der Waals surface area contributed by atoms with Gasteiger partial charge in [-0.2, -0.15) is 0 Å². The highest BCUT2D eigenvalue weighted by atomic mass is 15.2. The average molecular weight is 301 g/mol. The molecular weight excluding hydrogens is 270 g/mol. The van der Waals surface area contributed by atoms with Gasteiger partial charge in [0.05, 0.1) is 0 Å². The lowest BCUT2D eigenvalue weighted by Gasteiger charge is -2.37. The van der Waals surface area contributed by atoms with E-state index < -0.39 is 0 Å². The van der Waals surface area contributed by atoms with Crippen LogP contribution in [0.2, 0.25) is 0 Å². The highest BCUT2D eigenvalue weighted by molar-refractivity contribution is 5.40. The number of aromatic nitrogens is 1. The standard InChI is InChI=1S/C19H31N3/c1-16(2)15-22-13-7-4-8-18(22)17-9-10-19(20-14-17)21-11-5-3-6-12-21/h9-10,14,16,18H,3-8,11-13,15H2,1-2H3/t18-/m0/s1. The Balaban J connectivity index is 1.70. The molecule has 3 rings (SSSR count). The van der Waals surface area contributed by atoms with Crippen LogP contribution in [0, 0.1) is 5.92 Å². The summed E-state index contributed by atoms with van der Waals surface area (Å²) in [5.41, 5.74) is 1.42. The van der Waals surface area contributed by atoms with Crippen molar-refractivity contribution in [2.75, 3.05) is 31.1 Å². The van der Waals surface area contributed by atoms with Crippen molar-refractivity contribution in [2.24, 2.45) is 5.92 Å². The first-order valence-electron chi connectivity index (χ1n) is 9.19. The Hall–Kier alpha value is -1.09. The highest BCUT2D eigenvalue weighted by Gasteiger charge is 2.24. The van der Waals surface area contributed by atoms with E-state index >= 15 is 0 Å². The molecule has 0 N–H and O–H groups in total. The van der Waals surface area contributed by atoms with Gasteiger partial charge in [-0.25, -0.2) is 4.98 Å². The summed E-state index contributed by atoms with van der Waals surface area (Å²) in [6.07, 6.45) is 10.1. The van der Waals surface area contributed by atoms with E-state index in [-0.39, 0.29) is 0 Å². The van der Waals surface area contributed by atoms with Gasteiger partial charge in [0, 0.05) is 31.9 Å². The van der Waals surface area contributed by atoms with E-state index in [2.05, 4.69) is 42.0 Å². The summed E-state index contributed by atoms with van der Waals surface area (Å²) in [6.45, 7) is 9.45. The van der Waals surface area contributed by atoms with Gasteiger partial charge in [0.25, 0.3) is 0 Å². The predicted molar refractivity (Wildman–Crippen MR) is 93.3 cm³/mol. The zero-order valence-corrected chi connectivity index (χ0v) is 14.3. The summed E-state index contributed by atoms with van der Waals surface area (Å²) in [4.78, 5) is 9.91. The second-order valence-electron chi connectivity index (χ2n) is 7.40. The third kappa shape index (κ3) is 3.81. The van der Waals surface area contributed by atoms with E-state index in [0.717, 1.165) is 5.92 Å². The zero-order valence-electron chi connectivity index (χ0n) is 14.3. The molecule has 0 radical (unpaired) electrons. The first kappa shape index (κ1) is 15.8. The molecule has 1 atom stereocenters. The molecule has 1 aromatic heterocycles. The predicted octanol–water partition coefficient (Wildman–Crippen LogP) is 4.25. The largest absolute Gasteiger partial charge is 0.357 e. The van der Waals surface area contributed by atoms with Gasteiger partial charge >= 0.3 is 0 Å². The van der Waals surface area contributed by atoms with Crippen LogP contribution in [0.25, 0.3) is 0 Å². The molecule has 0 aliphatic carbocycles. The molecule has 2 fully saturated rings. The Morgan fingerprint density at radius 1 is 1.05 bits per heavy atom. The van der Waals surface area contributed by atoms with Crippen molar-refractivity contribution in [3.63, 3.8) is 0 Å². The van der Waals surface area contributed by atoms with E-state index in [1.165, 1.54) is 76.1 Å². The molecule has 2 aliphatic rings. The SMILES string of the molecule is CC(C)CN1CCCC[C@H]1c1ccc(N2CCCCC2)nc1. The van der Waals surface area contributed by atoms with Gasteiger partial charge in [-0.3, -0.25) is 4.90 Å². The molecule has 1 aromatic rings. The van der Waals surface area contributed by atoms with Gasteiger partial charge in [0.15, 0.2) is 0 Å². The first-order chi connectivity index (χ1) is 10.7. The van der Waals surface area contributed by atoms with Crippen molar-refractivity contribution in [1.29, 1.82) is 0 Å². The average Bonchev–Trinajstić information content (AvgIpc) is 2.56. The van der Waals surface area contributed by atoms with Crippen LogP contribution in [0.1, 0.15) is 64.0 Å². The molecule has 22 heavy (non-hydrogen) atoms. The minimum Gasteiger partial charge on any atom is -0.357 e. The van der Waals surface area contributed by atoms with Crippen molar-refractivity contribution < 1.29 is 0 Å². The van der Waals surface area contributed by atoms with Crippen molar-refractivity contribution in [2.45, 2.75) is 58.4 Å². The van der Waals surface area contributed by atoms with E-state index in [1.807, 2.05) is 0 Å². The maximum Gasteiger partial charge on any atom is 0.128 e.